The Balaban J connectivity index is 1.71. The van der Waals surface area contributed by atoms with Crippen molar-refractivity contribution in [3.63, 3.8) is 0 Å². The van der Waals surface area contributed by atoms with Crippen molar-refractivity contribution in [2.45, 2.75) is 18.0 Å². The number of nitrogens with one attached hydrogen (secondary N) is 1. The van der Waals surface area contributed by atoms with E-state index >= 15 is 0 Å². The number of ether oxygens (including phenoxy) is 2. The number of methoxy groups -OCH3 is 2. The van der Waals surface area contributed by atoms with Gasteiger partial charge in [-0.1, -0.05) is 23.4 Å². The summed E-state index contributed by atoms with van der Waals surface area (Å²) in [5.41, 5.74) is 1.81. The third kappa shape index (κ3) is 3.87. The first-order valence-corrected chi connectivity index (χ1v) is 10.5. The molecule has 0 amide bonds. The second-order valence-corrected chi connectivity index (χ2v) is 8.20. The summed E-state index contributed by atoms with van der Waals surface area (Å²) in [5.74, 6) is 0.499. The number of rotatable bonds is 8. The van der Waals surface area contributed by atoms with Crippen molar-refractivity contribution in [1.29, 1.82) is 0 Å². The van der Waals surface area contributed by atoms with Crippen LogP contribution >= 0.6 is 0 Å². The van der Waals surface area contributed by atoms with Gasteiger partial charge in [0.1, 0.15) is 11.1 Å². The Morgan fingerprint density at radius 3 is 2.73 bits per heavy atom. The van der Waals surface area contributed by atoms with Gasteiger partial charge >= 0.3 is 0 Å². The molecule has 10 heteroatoms. The average molecular weight is 428 g/mol. The third-order valence-electron chi connectivity index (χ3n) is 4.51. The third-order valence-corrected chi connectivity index (χ3v) is 5.95. The number of benzene rings is 2. The summed E-state index contributed by atoms with van der Waals surface area (Å²) in [6, 6.07) is 12.0. The van der Waals surface area contributed by atoms with Gasteiger partial charge in [-0.25, -0.2) is 8.42 Å². The summed E-state index contributed by atoms with van der Waals surface area (Å²) in [4.78, 5) is 0.109. The van der Waals surface area contributed by atoms with Crippen LogP contribution in [-0.4, -0.2) is 37.6 Å². The number of anilines is 1. The summed E-state index contributed by atoms with van der Waals surface area (Å²) < 4.78 is 46.3. The van der Waals surface area contributed by atoms with Gasteiger partial charge in [-0.15, -0.1) is 0 Å². The van der Waals surface area contributed by atoms with E-state index in [0.29, 0.717) is 28.8 Å². The molecule has 0 aliphatic heterocycles. The molecular formula is C20H20N4O5S. The van der Waals surface area contributed by atoms with Crippen LogP contribution in [0.3, 0.4) is 0 Å². The number of fused-ring (bicyclic) bond motifs is 1. The van der Waals surface area contributed by atoms with E-state index in [9.17, 15) is 8.42 Å². The molecule has 0 saturated heterocycles. The van der Waals surface area contributed by atoms with Crippen molar-refractivity contribution < 1.29 is 22.4 Å². The quantitative estimate of drug-likeness (QED) is 0.459. The van der Waals surface area contributed by atoms with Crippen LogP contribution in [0, 0.1) is 0 Å². The first-order valence-electron chi connectivity index (χ1n) is 9.05. The van der Waals surface area contributed by atoms with E-state index in [1.165, 1.54) is 20.3 Å². The fourth-order valence-corrected chi connectivity index (χ4v) is 4.45. The highest BCUT2D eigenvalue weighted by molar-refractivity contribution is 7.92. The maximum Gasteiger partial charge on any atom is 0.263 e. The molecule has 0 aliphatic carbocycles. The van der Waals surface area contributed by atoms with E-state index in [0.717, 1.165) is 5.56 Å². The Morgan fingerprint density at radius 1 is 1.17 bits per heavy atom. The van der Waals surface area contributed by atoms with Gasteiger partial charge in [0.25, 0.3) is 10.0 Å². The Morgan fingerprint density at radius 2 is 2.00 bits per heavy atom. The Bertz CT molecular complexity index is 1270. The Hall–Kier alpha value is -3.37. The van der Waals surface area contributed by atoms with Crippen LogP contribution in [0.25, 0.3) is 11.0 Å². The Labute approximate surface area is 173 Å². The molecule has 0 radical (unpaired) electrons. The van der Waals surface area contributed by atoms with Crippen molar-refractivity contribution in [3.05, 3.63) is 66.0 Å². The average Bonchev–Trinajstić information content (AvgIpc) is 3.38. The molecule has 0 spiro atoms. The highest BCUT2D eigenvalue weighted by atomic mass is 32.2. The first kappa shape index (κ1) is 19.9. The van der Waals surface area contributed by atoms with E-state index in [1.54, 1.807) is 41.2 Å². The van der Waals surface area contributed by atoms with Gasteiger partial charge in [0.15, 0.2) is 11.4 Å². The van der Waals surface area contributed by atoms with E-state index in [-0.39, 0.29) is 17.3 Å². The minimum Gasteiger partial charge on any atom is -0.496 e. The number of hydrogen-bond donors (Lipinski definition) is 1. The summed E-state index contributed by atoms with van der Waals surface area (Å²) in [5, 5.41) is 8.55. The molecule has 4 aromatic rings. The molecule has 0 bridgehead atoms. The van der Waals surface area contributed by atoms with Gasteiger partial charge in [0.05, 0.1) is 25.2 Å². The van der Waals surface area contributed by atoms with Gasteiger partial charge in [-0.3, -0.25) is 9.40 Å². The lowest BCUT2D eigenvalue weighted by Gasteiger charge is -2.11. The number of sulfonamides is 1. The fraction of sp³-hybridized carbons (Fsp3) is 0.200. The zero-order chi connectivity index (χ0) is 21.1. The molecule has 2 aromatic carbocycles. The lowest BCUT2D eigenvalue weighted by atomic mass is 10.1. The van der Waals surface area contributed by atoms with Crippen LogP contribution in [0.15, 0.2) is 64.3 Å². The standard InChI is InChI=1S/C20H20N4O5S/c1-27-13-15-6-3-4-7-18(15)30(25,26)23-20-19-16(28-2)10-14(11-17(19)29-22-20)12-24-9-5-8-21-24/h3-11H,12-13H2,1-2H3,(H,22,23). The minimum absolute atomic E-state index is 0.0553. The molecule has 0 saturated carbocycles. The van der Waals surface area contributed by atoms with Crippen molar-refractivity contribution in [2.75, 3.05) is 18.9 Å². The number of nitrogens with zero attached hydrogens (tertiary/aromatic N) is 3. The van der Waals surface area contributed by atoms with Crippen LogP contribution in [0.5, 0.6) is 5.75 Å². The molecular weight excluding hydrogens is 408 g/mol. The van der Waals surface area contributed by atoms with Crippen LogP contribution in [0.4, 0.5) is 5.82 Å². The minimum atomic E-state index is -3.93. The molecule has 2 aromatic heterocycles. The van der Waals surface area contributed by atoms with Gasteiger partial charge in [-0.05, 0) is 35.4 Å². The predicted octanol–water partition coefficient (Wildman–Crippen LogP) is 3.03. The van der Waals surface area contributed by atoms with Crippen LogP contribution < -0.4 is 9.46 Å². The van der Waals surface area contributed by atoms with Gasteiger partial charge in [-0.2, -0.15) is 5.10 Å². The van der Waals surface area contributed by atoms with E-state index in [1.807, 2.05) is 12.3 Å². The zero-order valence-corrected chi connectivity index (χ0v) is 17.2. The van der Waals surface area contributed by atoms with Crippen molar-refractivity contribution in [1.82, 2.24) is 14.9 Å². The van der Waals surface area contributed by atoms with E-state index in [4.69, 9.17) is 14.0 Å². The normalized spacial score (nSPS) is 11.7. The molecule has 0 aliphatic rings. The SMILES string of the molecule is COCc1ccccc1S(=O)(=O)Nc1noc2cc(Cn3cccn3)cc(OC)c12. The van der Waals surface area contributed by atoms with E-state index < -0.39 is 10.0 Å². The van der Waals surface area contributed by atoms with Crippen LogP contribution in [-0.2, 0) is 27.9 Å². The predicted molar refractivity (Wildman–Crippen MR) is 110 cm³/mol. The maximum absolute atomic E-state index is 13.0. The highest BCUT2D eigenvalue weighted by Crippen LogP contribution is 2.35. The summed E-state index contributed by atoms with van der Waals surface area (Å²) >= 11 is 0. The number of hydrogen-bond acceptors (Lipinski definition) is 7. The van der Waals surface area contributed by atoms with Crippen molar-refractivity contribution >= 4 is 26.8 Å². The van der Waals surface area contributed by atoms with Gasteiger partial charge in [0, 0.05) is 19.5 Å². The molecule has 0 fully saturated rings. The smallest absolute Gasteiger partial charge is 0.263 e. The first-order chi connectivity index (χ1) is 14.5. The second kappa shape index (κ2) is 8.17. The lowest BCUT2D eigenvalue weighted by Crippen LogP contribution is -2.15. The number of aromatic nitrogens is 3. The van der Waals surface area contributed by atoms with Crippen LogP contribution in [0.1, 0.15) is 11.1 Å². The van der Waals surface area contributed by atoms with Crippen molar-refractivity contribution in [2.24, 2.45) is 0 Å². The molecule has 1 N–H and O–H groups in total. The Kier molecular flexibility index (Phi) is 5.42. The summed E-state index contributed by atoms with van der Waals surface area (Å²) in [6.07, 6.45) is 3.53. The summed E-state index contributed by atoms with van der Waals surface area (Å²) in [7, 11) is -0.913. The molecule has 30 heavy (non-hydrogen) atoms. The monoisotopic (exact) mass is 428 g/mol. The summed E-state index contributed by atoms with van der Waals surface area (Å²) in [6.45, 7) is 0.669. The molecule has 0 unspecified atom stereocenters. The second-order valence-electron chi connectivity index (χ2n) is 6.55. The molecule has 4 rings (SSSR count). The van der Waals surface area contributed by atoms with Crippen LogP contribution in [0.2, 0.25) is 0 Å². The highest BCUT2D eigenvalue weighted by Gasteiger charge is 2.23. The molecule has 2 heterocycles. The van der Waals surface area contributed by atoms with Gasteiger partial charge < -0.3 is 14.0 Å². The maximum atomic E-state index is 13.0. The molecule has 9 nitrogen and oxygen atoms in total. The lowest BCUT2D eigenvalue weighted by molar-refractivity contribution is 0.182. The fourth-order valence-electron chi connectivity index (χ4n) is 3.22. The molecule has 156 valence electrons. The van der Waals surface area contributed by atoms with Gasteiger partial charge in [0.2, 0.25) is 0 Å². The van der Waals surface area contributed by atoms with E-state index in [2.05, 4.69) is 15.0 Å². The topological polar surface area (TPSA) is 108 Å². The zero-order valence-electron chi connectivity index (χ0n) is 16.4. The largest absolute Gasteiger partial charge is 0.496 e. The molecule has 0 atom stereocenters. The van der Waals surface area contributed by atoms with Crippen molar-refractivity contribution in [3.8, 4) is 5.75 Å².